The van der Waals surface area contributed by atoms with Gasteiger partial charge in [0.1, 0.15) is 0 Å². The topological polar surface area (TPSA) is 44.4 Å². The Morgan fingerprint density at radius 1 is 1.08 bits per heavy atom. The van der Waals surface area contributed by atoms with Crippen LogP contribution in [0.15, 0.2) is 66.4 Å². The van der Waals surface area contributed by atoms with Crippen molar-refractivity contribution in [3.8, 4) is 0 Å². The predicted octanol–water partition coefficient (Wildman–Crippen LogP) is 3.36. The van der Waals surface area contributed by atoms with Crippen LogP contribution in [-0.2, 0) is 6.54 Å². The largest absolute Gasteiger partial charge is 0.303 e. The van der Waals surface area contributed by atoms with Gasteiger partial charge in [0.05, 0.1) is 0 Å². The fourth-order valence-corrected chi connectivity index (χ4v) is 2.75. The summed E-state index contributed by atoms with van der Waals surface area (Å²) < 4.78 is 0. The highest BCUT2D eigenvalue weighted by molar-refractivity contribution is 6.30. The van der Waals surface area contributed by atoms with E-state index in [2.05, 4.69) is 46.1 Å². The zero-order valence-electron chi connectivity index (χ0n) is 13.3. The Morgan fingerprint density at radius 3 is 2.50 bits per heavy atom. The number of hydrazine groups is 1. The highest BCUT2D eigenvalue weighted by atomic mass is 35.5. The summed E-state index contributed by atoms with van der Waals surface area (Å²) in [5.41, 5.74) is 8.69. The van der Waals surface area contributed by atoms with Crippen molar-refractivity contribution >= 4 is 17.5 Å². The molecule has 0 aromatic heterocycles. The van der Waals surface area contributed by atoms with Crippen molar-refractivity contribution in [2.24, 2.45) is 0 Å². The van der Waals surface area contributed by atoms with E-state index in [1.54, 1.807) is 24.3 Å². The van der Waals surface area contributed by atoms with Gasteiger partial charge in [-0.2, -0.15) is 0 Å². The second kappa shape index (κ2) is 7.99. The molecule has 0 spiro atoms. The van der Waals surface area contributed by atoms with Crippen molar-refractivity contribution < 1.29 is 4.79 Å². The molecule has 0 aliphatic carbocycles. The summed E-state index contributed by atoms with van der Waals surface area (Å²) in [6.45, 7) is 2.78. The quantitative estimate of drug-likeness (QED) is 0.820. The van der Waals surface area contributed by atoms with E-state index >= 15 is 0 Å². The Hall–Kier alpha value is -2.30. The molecule has 0 fully saturated rings. The molecule has 3 rings (SSSR count). The molecule has 1 heterocycles. The van der Waals surface area contributed by atoms with Crippen LogP contribution in [0.3, 0.4) is 0 Å². The van der Waals surface area contributed by atoms with Gasteiger partial charge in [-0.1, -0.05) is 41.9 Å². The number of nitrogens with one attached hydrogen (secondary N) is 2. The summed E-state index contributed by atoms with van der Waals surface area (Å²) >= 11 is 5.83. The standard InChI is InChI=1S/C19H20ClN3O/c20-17-8-6-16(7-9-17)19(24)22-21-18-10-12-23(13-11-18)14-15-4-2-1-3-5-15/h1-10,21H,11-14H2,(H,22,24). The molecule has 2 aromatic rings. The molecule has 0 radical (unpaired) electrons. The van der Waals surface area contributed by atoms with Crippen molar-refractivity contribution in [3.63, 3.8) is 0 Å². The summed E-state index contributed by atoms with van der Waals surface area (Å²) in [6.07, 6.45) is 3.00. The van der Waals surface area contributed by atoms with Gasteiger partial charge in [0.25, 0.3) is 5.91 Å². The number of halogens is 1. The third-order valence-electron chi connectivity index (χ3n) is 3.99. The van der Waals surface area contributed by atoms with Crippen molar-refractivity contribution in [2.45, 2.75) is 13.0 Å². The molecule has 1 aliphatic rings. The first-order valence-corrected chi connectivity index (χ1v) is 8.36. The molecule has 2 N–H and O–H groups in total. The van der Waals surface area contributed by atoms with Gasteiger partial charge in [0.2, 0.25) is 0 Å². The molecule has 1 aliphatic heterocycles. The zero-order chi connectivity index (χ0) is 16.8. The van der Waals surface area contributed by atoms with Gasteiger partial charge >= 0.3 is 0 Å². The van der Waals surface area contributed by atoms with Gasteiger partial charge in [-0.25, -0.2) is 0 Å². The SMILES string of the molecule is O=C(NNC1=CCN(Cc2ccccc2)CC1)c1ccc(Cl)cc1. The highest BCUT2D eigenvalue weighted by Crippen LogP contribution is 2.12. The first kappa shape index (κ1) is 16.6. The number of carbonyl (C=O) groups is 1. The molecule has 0 unspecified atom stereocenters. The van der Waals surface area contributed by atoms with Gasteiger partial charge in [0.15, 0.2) is 0 Å². The number of hydrogen-bond donors (Lipinski definition) is 2. The van der Waals surface area contributed by atoms with Crippen molar-refractivity contribution in [1.82, 2.24) is 15.8 Å². The molecule has 0 saturated heterocycles. The minimum Gasteiger partial charge on any atom is -0.303 e. The summed E-state index contributed by atoms with van der Waals surface area (Å²) in [6, 6.07) is 17.3. The first-order valence-electron chi connectivity index (χ1n) is 7.98. The summed E-state index contributed by atoms with van der Waals surface area (Å²) in [5.74, 6) is -0.167. The van der Waals surface area contributed by atoms with E-state index in [9.17, 15) is 4.79 Å². The number of carbonyl (C=O) groups excluding carboxylic acids is 1. The first-order chi connectivity index (χ1) is 11.7. The number of hydrogen-bond acceptors (Lipinski definition) is 3. The Morgan fingerprint density at radius 2 is 1.83 bits per heavy atom. The average Bonchev–Trinajstić information content (AvgIpc) is 2.62. The lowest BCUT2D eigenvalue weighted by Crippen LogP contribution is -2.40. The van der Waals surface area contributed by atoms with Crippen molar-refractivity contribution in [1.29, 1.82) is 0 Å². The third-order valence-corrected chi connectivity index (χ3v) is 4.24. The van der Waals surface area contributed by atoms with E-state index < -0.39 is 0 Å². The Balaban J connectivity index is 1.47. The fraction of sp³-hybridized carbons (Fsp3) is 0.211. The Bertz CT molecular complexity index is 713. The zero-order valence-corrected chi connectivity index (χ0v) is 14.1. The molecule has 5 heteroatoms. The van der Waals surface area contributed by atoms with Crippen molar-refractivity contribution in [3.05, 3.63) is 82.5 Å². The molecule has 0 bridgehead atoms. The van der Waals surface area contributed by atoms with Gasteiger partial charge < -0.3 is 5.43 Å². The smallest absolute Gasteiger partial charge is 0.269 e. The van der Waals surface area contributed by atoms with Crippen LogP contribution in [0.4, 0.5) is 0 Å². The summed E-state index contributed by atoms with van der Waals surface area (Å²) in [7, 11) is 0. The maximum Gasteiger partial charge on any atom is 0.269 e. The predicted molar refractivity (Wildman–Crippen MR) is 96.5 cm³/mol. The molecule has 4 nitrogen and oxygen atoms in total. The minimum absolute atomic E-state index is 0.167. The monoisotopic (exact) mass is 341 g/mol. The van der Waals surface area contributed by atoms with Crippen LogP contribution in [0.1, 0.15) is 22.3 Å². The maximum absolute atomic E-state index is 12.0. The number of benzene rings is 2. The van der Waals surface area contributed by atoms with E-state index in [0.29, 0.717) is 10.6 Å². The van der Waals surface area contributed by atoms with E-state index in [1.807, 2.05) is 6.07 Å². The van der Waals surface area contributed by atoms with Crippen LogP contribution in [0.5, 0.6) is 0 Å². The van der Waals surface area contributed by atoms with Crippen LogP contribution in [0.25, 0.3) is 0 Å². The number of rotatable bonds is 5. The fourth-order valence-electron chi connectivity index (χ4n) is 2.62. The molecular weight excluding hydrogens is 322 g/mol. The van der Waals surface area contributed by atoms with Crippen LogP contribution < -0.4 is 10.9 Å². The summed E-state index contributed by atoms with van der Waals surface area (Å²) in [4.78, 5) is 14.4. The van der Waals surface area contributed by atoms with Crippen LogP contribution >= 0.6 is 11.6 Å². The molecular formula is C19H20ClN3O. The van der Waals surface area contributed by atoms with Gasteiger partial charge in [-0.05, 0) is 35.9 Å². The van der Waals surface area contributed by atoms with Gasteiger partial charge in [-0.3, -0.25) is 15.1 Å². The maximum atomic E-state index is 12.0. The normalized spacial score (nSPS) is 14.8. The lowest BCUT2D eigenvalue weighted by atomic mass is 10.1. The third kappa shape index (κ3) is 4.60. The Kier molecular flexibility index (Phi) is 5.51. The average molecular weight is 342 g/mol. The lowest BCUT2D eigenvalue weighted by molar-refractivity contribution is 0.0937. The van der Waals surface area contributed by atoms with Gasteiger partial charge in [0, 0.05) is 42.3 Å². The molecule has 124 valence electrons. The van der Waals surface area contributed by atoms with Crippen molar-refractivity contribution in [2.75, 3.05) is 13.1 Å². The van der Waals surface area contributed by atoms with Gasteiger partial charge in [-0.15, -0.1) is 0 Å². The molecule has 0 atom stereocenters. The number of amides is 1. The Labute approximate surface area is 147 Å². The highest BCUT2D eigenvalue weighted by Gasteiger charge is 2.13. The van der Waals surface area contributed by atoms with Crippen LogP contribution in [0.2, 0.25) is 5.02 Å². The number of nitrogens with zero attached hydrogens (tertiary/aromatic N) is 1. The van der Waals surface area contributed by atoms with E-state index in [1.165, 1.54) is 5.56 Å². The molecule has 24 heavy (non-hydrogen) atoms. The van der Waals surface area contributed by atoms with E-state index in [4.69, 9.17) is 11.6 Å². The van der Waals surface area contributed by atoms with Crippen LogP contribution in [0, 0.1) is 0 Å². The van der Waals surface area contributed by atoms with E-state index in [0.717, 1.165) is 31.8 Å². The molecule has 2 aromatic carbocycles. The summed E-state index contributed by atoms with van der Waals surface area (Å²) in [5, 5.41) is 0.619. The second-order valence-electron chi connectivity index (χ2n) is 5.79. The second-order valence-corrected chi connectivity index (χ2v) is 6.22. The molecule has 1 amide bonds. The molecule has 0 saturated carbocycles. The van der Waals surface area contributed by atoms with E-state index in [-0.39, 0.29) is 5.91 Å². The minimum atomic E-state index is -0.167. The van der Waals surface area contributed by atoms with Crippen LogP contribution in [-0.4, -0.2) is 23.9 Å². The lowest BCUT2D eigenvalue weighted by Gasteiger charge is -2.26.